The quantitative estimate of drug-likeness (QED) is 0.312. The number of rotatable bonds is 8. The van der Waals surface area contributed by atoms with E-state index in [0.29, 0.717) is 12.4 Å². The third-order valence-electron chi connectivity index (χ3n) is 8.68. The third-order valence-corrected chi connectivity index (χ3v) is 8.68. The van der Waals surface area contributed by atoms with Crippen LogP contribution in [0.15, 0.2) is 61.4 Å². The summed E-state index contributed by atoms with van der Waals surface area (Å²) in [6, 6.07) is 10.8. The fourth-order valence-corrected chi connectivity index (χ4v) is 6.93. The van der Waals surface area contributed by atoms with Crippen LogP contribution in [0.4, 0.5) is 4.39 Å². The maximum absolute atomic E-state index is 13.8. The topological polar surface area (TPSA) is 79.6 Å². The number of alkyl halides is 1. The van der Waals surface area contributed by atoms with Crippen LogP contribution in [0, 0.1) is 5.41 Å². The fourth-order valence-electron chi connectivity index (χ4n) is 6.93. The smallest absolute Gasteiger partial charge is 0.182 e. The average molecular weight is 523 g/mol. The van der Waals surface area contributed by atoms with Crippen molar-refractivity contribution in [3.8, 4) is 17.1 Å². The number of pyridine rings is 1. The lowest BCUT2D eigenvalue weighted by Crippen LogP contribution is -2.67. The first-order valence-corrected chi connectivity index (χ1v) is 13.6. The molecule has 0 spiro atoms. The van der Waals surface area contributed by atoms with E-state index in [4.69, 9.17) is 5.10 Å². The highest BCUT2D eigenvalue weighted by Gasteiger charge is 2.68. The maximum atomic E-state index is 13.8. The summed E-state index contributed by atoms with van der Waals surface area (Å²) in [7, 11) is 2.14. The summed E-state index contributed by atoms with van der Waals surface area (Å²) < 4.78 is 17.8. The zero-order valence-corrected chi connectivity index (χ0v) is 22.0. The number of nitrogens with one attached hydrogen (secondary N) is 2. The van der Waals surface area contributed by atoms with Crippen LogP contribution in [-0.2, 0) is 26.2 Å². The first-order chi connectivity index (χ1) is 18.9. The van der Waals surface area contributed by atoms with Gasteiger partial charge in [-0.25, -0.2) is 14.1 Å². The van der Waals surface area contributed by atoms with E-state index in [-0.39, 0.29) is 5.41 Å². The molecule has 4 aliphatic rings. The van der Waals surface area contributed by atoms with E-state index in [0.717, 1.165) is 73.5 Å². The molecule has 5 heterocycles. The van der Waals surface area contributed by atoms with Gasteiger partial charge in [-0.3, -0.25) is 9.88 Å². The van der Waals surface area contributed by atoms with Crippen molar-refractivity contribution in [1.29, 1.82) is 0 Å². The van der Waals surface area contributed by atoms with E-state index in [1.54, 1.807) is 6.33 Å². The molecular formula is C30H31FN8. The summed E-state index contributed by atoms with van der Waals surface area (Å²) in [5, 5.41) is 9.46. The minimum Gasteiger partial charge on any atom is -0.357 e. The van der Waals surface area contributed by atoms with Gasteiger partial charge in [0.15, 0.2) is 5.82 Å². The van der Waals surface area contributed by atoms with E-state index >= 15 is 0 Å². The Kier molecular flexibility index (Phi) is 4.94. The highest BCUT2D eigenvalue weighted by atomic mass is 19.1. The van der Waals surface area contributed by atoms with Gasteiger partial charge < -0.3 is 14.9 Å². The fraction of sp³-hybridized carbons (Fsp3) is 0.367. The highest BCUT2D eigenvalue weighted by molar-refractivity contribution is 5.81. The van der Waals surface area contributed by atoms with Crippen LogP contribution in [0.2, 0.25) is 0 Å². The number of aromatic amines is 1. The first-order valence-electron chi connectivity index (χ1n) is 13.6. The number of benzene rings is 1. The Hall–Kier alpha value is -3.82. The predicted octanol–water partition coefficient (Wildman–Crippen LogP) is 4.59. The predicted molar refractivity (Wildman–Crippen MR) is 147 cm³/mol. The molecular weight excluding hydrogens is 491 g/mol. The Bertz CT molecular complexity index is 1670. The van der Waals surface area contributed by atoms with Crippen molar-refractivity contribution < 1.29 is 4.39 Å². The van der Waals surface area contributed by atoms with Crippen LogP contribution >= 0.6 is 0 Å². The van der Waals surface area contributed by atoms with Gasteiger partial charge in [-0.1, -0.05) is 12.1 Å². The van der Waals surface area contributed by atoms with Crippen molar-refractivity contribution in [3.63, 3.8) is 0 Å². The monoisotopic (exact) mass is 522 g/mol. The minimum atomic E-state index is -0.828. The minimum absolute atomic E-state index is 0.224. The van der Waals surface area contributed by atoms with Crippen LogP contribution in [0.1, 0.15) is 41.6 Å². The summed E-state index contributed by atoms with van der Waals surface area (Å²) in [6.45, 7) is 4.27. The van der Waals surface area contributed by atoms with Gasteiger partial charge in [-0.15, -0.1) is 0 Å². The van der Waals surface area contributed by atoms with E-state index < -0.39 is 5.67 Å². The van der Waals surface area contributed by atoms with Gasteiger partial charge >= 0.3 is 0 Å². The number of halogens is 1. The second-order valence-electron chi connectivity index (χ2n) is 12.1. The molecule has 3 aliphatic carbocycles. The zero-order valence-electron chi connectivity index (χ0n) is 22.0. The molecule has 8 nitrogen and oxygen atoms in total. The summed E-state index contributed by atoms with van der Waals surface area (Å²) in [5.41, 5.74) is 7.46. The molecule has 2 bridgehead atoms. The molecule has 0 atom stereocenters. The van der Waals surface area contributed by atoms with Gasteiger partial charge in [0.25, 0.3) is 0 Å². The van der Waals surface area contributed by atoms with Crippen molar-refractivity contribution in [2.24, 2.45) is 5.41 Å². The first kappa shape index (κ1) is 23.1. The summed E-state index contributed by atoms with van der Waals surface area (Å²) in [4.78, 5) is 14.9. The molecule has 9 rings (SSSR count). The molecule has 0 unspecified atom stereocenters. The Balaban J connectivity index is 0.940. The van der Waals surface area contributed by atoms with Crippen LogP contribution in [0.25, 0.3) is 28.0 Å². The van der Waals surface area contributed by atoms with Crippen molar-refractivity contribution in [2.45, 2.75) is 51.1 Å². The molecule has 1 aliphatic heterocycles. The van der Waals surface area contributed by atoms with E-state index in [2.05, 4.69) is 79.5 Å². The second kappa shape index (κ2) is 8.34. The summed E-state index contributed by atoms with van der Waals surface area (Å²) in [6.07, 6.45) is 12.1. The van der Waals surface area contributed by atoms with E-state index in [9.17, 15) is 4.39 Å². The largest absolute Gasteiger partial charge is 0.357 e. The van der Waals surface area contributed by atoms with Gasteiger partial charge in [0, 0.05) is 61.5 Å². The van der Waals surface area contributed by atoms with E-state index in [1.165, 1.54) is 16.5 Å². The van der Waals surface area contributed by atoms with Gasteiger partial charge in [0.2, 0.25) is 0 Å². The maximum Gasteiger partial charge on any atom is 0.182 e. The Labute approximate surface area is 225 Å². The zero-order chi connectivity index (χ0) is 26.2. The Morgan fingerprint density at radius 1 is 1.05 bits per heavy atom. The molecule has 0 radical (unpaired) electrons. The van der Waals surface area contributed by atoms with Gasteiger partial charge in [0.1, 0.15) is 12.0 Å². The normalized spacial score (nSPS) is 23.6. The third kappa shape index (κ3) is 4.08. The SMILES string of the molecule is CN1Cc2cn(-c3cncc(-c4ncn(Cc5ccc6cc(CNCC78CC(F)(C7)C8)[nH]c6c5)n4)c3)cc2C1. The standard InChI is InChI=1S/C30H31FN8/c1-37-11-23-13-38(14-24(23)12-37)26-6-22(7-32-9-26)28-34-19-39(36-28)10-20-2-3-21-5-25(35-27(21)4-20)8-33-18-29-15-30(31,16-29)17-29/h2-7,9,13-14,19,33,35H,8,10-12,15-18H2,1H3. The number of hydrogen-bond donors (Lipinski definition) is 2. The number of H-pyrrole nitrogens is 1. The molecule has 1 aromatic carbocycles. The van der Waals surface area contributed by atoms with Gasteiger partial charge in [-0.05, 0) is 72.0 Å². The van der Waals surface area contributed by atoms with E-state index in [1.807, 2.05) is 17.1 Å². The molecule has 0 saturated heterocycles. The molecule has 9 heteroatoms. The second-order valence-corrected chi connectivity index (χ2v) is 12.1. The Morgan fingerprint density at radius 3 is 2.67 bits per heavy atom. The van der Waals surface area contributed by atoms with Crippen molar-refractivity contribution in [1.82, 2.24) is 39.5 Å². The molecule has 2 N–H and O–H groups in total. The van der Waals surface area contributed by atoms with Crippen LogP contribution < -0.4 is 5.32 Å². The molecule has 198 valence electrons. The summed E-state index contributed by atoms with van der Waals surface area (Å²) in [5.74, 6) is 0.667. The lowest BCUT2D eigenvalue weighted by atomic mass is 9.42. The average Bonchev–Trinajstić information content (AvgIpc) is 3.65. The molecule has 39 heavy (non-hydrogen) atoms. The number of nitrogens with zero attached hydrogens (tertiary/aromatic N) is 6. The summed E-state index contributed by atoms with van der Waals surface area (Å²) >= 11 is 0. The highest BCUT2D eigenvalue weighted by Crippen LogP contribution is 2.69. The van der Waals surface area contributed by atoms with Crippen LogP contribution in [0.3, 0.4) is 0 Å². The molecule has 3 saturated carbocycles. The van der Waals surface area contributed by atoms with Gasteiger partial charge in [-0.2, -0.15) is 5.10 Å². The molecule has 0 amide bonds. The lowest BCUT2D eigenvalue weighted by molar-refractivity contribution is -0.209. The van der Waals surface area contributed by atoms with Gasteiger partial charge in [0.05, 0.1) is 18.4 Å². The molecule has 3 fully saturated rings. The van der Waals surface area contributed by atoms with Crippen molar-refractivity contribution in [3.05, 3.63) is 83.8 Å². The Morgan fingerprint density at radius 2 is 1.87 bits per heavy atom. The van der Waals surface area contributed by atoms with Crippen LogP contribution in [-0.4, -0.2) is 53.5 Å². The lowest BCUT2D eigenvalue weighted by Gasteiger charge is -2.66. The number of aromatic nitrogens is 6. The van der Waals surface area contributed by atoms with Crippen molar-refractivity contribution in [2.75, 3.05) is 13.6 Å². The van der Waals surface area contributed by atoms with Crippen LogP contribution in [0.5, 0.6) is 0 Å². The van der Waals surface area contributed by atoms with Crippen molar-refractivity contribution >= 4 is 10.9 Å². The molecule has 4 aromatic heterocycles. The number of fused-ring (bicyclic) bond motifs is 2. The molecule has 5 aromatic rings. The number of hydrogen-bond acceptors (Lipinski definition) is 5.